The first-order valence-corrected chi connectivity index (χ1v) is 6.52. The van der Waals surface area contributed by atoms with E-state index in [-0.39, 0.29) is 24.0 Å². The summed E-state index contributed by atoms with van der Waals surface area (Å²) in [6.07, 6.45) is 1.43. The highest BCUT2D eigenvalue weighted by atomic mass is 35.5. The number of nitrogens with zero attached hydrogens (tertiary/aromatic N) is 2. The zero-order chi connectivity index (χ0) is 15.4. The number of amides is 1. The van der Waals surface area contributed by atoms with Crippen LogP contribution in [0.25, 0.3) is 0 Å². The second kappa shape index (κ2) is 6.47. The predicted octanol–water partition coefficient (Wildman–Crippen LogP) is 1.99. The molecule has 0 atom stereocenters. The normalized spacial score (nSPS) is 11.4. The monoisotopic (exact) mass is 327 g/mol. The molecule has 110 valence electrons. The van der Waals surface area contributed by atoms with Gasteiger partial charge in [-0.05, 0) is 17.7 Å². The fourth-order valence-electron chi connectivity index (χ4n) is 1.65. The van der Waals surface area contributed by atoms with Crippen molar-refractivity contribution in [3.05, 3.63) is 45.6 Å². The van der Waals surface area contributed by atoms with Crippen molar-refractivity contribution in [3.8, 4) is 0 Å². The molecule has 0 fully saturated rings. The van der Waals surface area contributed by atoms with Crippen LogP contribution >= 0.6 is 23.2 Å². The Labute approximate surface area is 129 Å². The van der Waals surface area contributed by atoms with Crippen LogP contribution in [0, 0.1) is 0 Å². The minimum Gasteiger partial charge on any atom is -0.409 e. The highest BCUT2D eigenvalue weighted by molar-refractivity contribution is 6.42. The number of nitrogens with two attached hydrogens (primary N) is 1. The van der Waals surface area contributed by atoms with Crippen LogP contribution in [-0.2, 0) is 11.2 Å². The third-order valence-corrected chi connectivity index (χ3v) is 3.38. The number of oxime groups is 1. The Kier molecular flexibility index (Phi) is 4.66. The van der Waals surface area contributed by atoms with Gasteiger partial charge in [0.05, 0.1) is 28.2 Å². The molecule has 21 heavy (non-hydrogen) atoms. The fourth-order valence-corrected chi connectivity index (χ4v) is 1.97. The molecule has 0 aliphatic heterocycles. The van der Waals surface area contributed by atoms with Gasteiger partial charge < -0.3 is 16.3 Å². The van der Waals surface area contributed by atoms with Crippen LogP contribution in [0.3, 0.4) is 0 Å². The number of nitrogens with one attached hydrogen (secondary N) is 2. The summed E-state index contributed by atoms with van der Waals surface area (Å²) in [6, 6.07) is 4.93. The summed E-state index contributed by atoms with van der Waals surface area (Å²) in [5.41, 5.74) is 6.45. The van der Waals surface area contributed by atoms with Gasteiger partial charge in [-0.2, -0.15) is 5.10 Å². The summed E-state index contributed by atoms with van der Waals surface area (Å²) >= 11 is 11.7. The number of carbonyl (C=O) groups is 1. The van der Waals surface area contributed by atoms with Crippen molar-refractivity contribution in [2.45, 2.75) is 6.42 Å². The minimum atomic E-state index is -0.315. The molecular formula is C12H11Cl2N5O2. The number of anilines is 1. The fraction of sp³-hybridized carbons (Fsp3) is 0.0833. The van der Waals surface area contributed by atoms with E-state index in [1.807, 2.05) is 0 Å². The van der Waals surface area contributed by atoms with Gasteiger partial charge in [0, 0.05) is 0 Å². The van der Waals surface area contributed by atoms with Gasteiger partial charge >= 0.3 is 0 Å². The molecule has 1 aromatic carbocycles. The molecule has 0 unspecified atom stereocenters. The molecule has 0 aliphatic rings. The van der Waals surface area contributed by atoms with Crippen LogP contribution < -0.4 is 11.1 Å². The van der Waals surface area contributed by atoms with E-state index in [1.54, 1.807) is 18.2 Å². The van der Waals surface area contributed by atoms with E-state index in [4.69, 9.17) is 34.1 Å². The molecule has 5 N–H and O–H groups in total. The van der Waals surface area contributed by atoms with Crippen molar-refractivity contribution in [1.82, 2.24) is 10.2 Å². The van der Waals surface area contributed by atoms with Crippen LogP contribution in [0.4, 0.5) is 5.82 Å². The molecular weight excluding hydrogens is 317 g/mol. The van der Waals surface area contributed by atoms with Crippen LogP contribution in [-0.4, -0.2) is 27.1 Å². The Bertz CT molecular complexity index is 699. The lowest BCUT2D eigenvalue weighted by molar-refractivity contribution is -0.115. The van der Waals surface area contributed by atoms with Crippen LogP contribution in [0.15, 0.2) is 29.6 Å². The smallest absolute Gasteiger partial charge is 0.229 e. The van der Waals surface area contributed by atoms with E-state index in [9.17, 15) is 4.79 Å². The van der Waals surface area contributed by atoms with E-state index < -0.39 is 0 Å². The number of benzene rings is 1. The summed E-state index contributed by atoms with van der Waals surface area (Å²) in [4.78, 5) is 12.0. The quantitative estimate of drug-likeness (QED) is 0.297. The second-order valence-electron chi connectivity index (χ2n) is 4.12. The van der Waals surface area contributed by atoms with E-state index >= 15 is 0 Å². The van der Waals surface area contributed by atoms with E-state index in [2.05, 4.69) is 20.7 Å². The molecule has 1 aromatic heterocycles. The van der Waals surface area contributed by atoms with Crippen LogP contribution in [0.1, 0.15) is 11.1 Å². The Morgan fingerprint density at radius 2 is 2.19 bits per heavy atom. The Hall–Kier alpha value is -2.25. The zero-order valence-corrected chi connectivity index (χ0v) is 12.1. The van der Waals surface area contributed by atoms with Crippen LogP contribution in [0.2, 0.25) is 10.0 Å². The molecule has 9 heteroatoms. The lowest BCUT2D eigenvalue weighted by Gasteiger charge is -2.06. The van der Waals surface area contributed by atoms with E-state index in [0.717, 1.165) is 0 Å². The summed E-state index contributed by atoms with van der Waals surface area (Å²) < 4.78 is 0. The number of aromatic amines is 1. The molecule has 0 saturated carbocycles. The average molecular weight is 328 g/mol. The molecule has 0 radical (unpaired) electrons. The van der Waals surface area contributed by atoms with Gasteiger partial charge in [0.15, 0.2) is 5.84 Å². The number of amidine groups is 1. The number of halogens is 2. The predicted molar refractivity (Wildman–Crippen MR) is 79.9 cm³/mol. The first kappa shape index (κ1) is 15.1. The molecule has 0 saturated heterocycles. The number of aromatic nitrogens is 2. The van der Waals surface area contributed by atoms with E-state index in [0.29, 0.717) is 21.2 Å². The zero-order valence-electron chi connectivity index (χ0n) is 10.6. The molecule has 0 bridgehead atoms. The highest BCUT2D eigenvalue weighted by Crippen LogP contribution is 2.23. The molecule has 1 heterocycles. The van der Waals surface area contributed by atoms with Crippen molar-refractivity contribution in [3.63, 3.8) is 0 Å². The summed E-state index contributed by atoms with van der Waals surface area (Å²) in [7, 11) is 0. The molecule has 1 amide bonds. The lowest BCUT2D eigenvalue weighted by atomic mass is 10.1. The molecule has 2 rings (SSSR count). The highest BCUT2D eigenvalue weighted by Gasteiger charge is 2.13. The first-order chi connectivity index (χ1) is 10.0. The second-order valence-corrected chi connectivity index (χ2v) is 4.93. The maximum absolute atomic E-state index is 12.0. The number of hydrogen-bond donors (Lipinski definition) is 4. The summed E-state index contributed by atoms with van der Waals surface area (Å²) in [6.45, 7) is 0. The SMILES string of the molecule is NC(=NO)c1cn[nH]c1NC(=O)Cc1ccc(Cl)c(Cl)c1. The van der Waals surface area contributed by atoms with Crippen molar-refractivity contribution in [1.29, 1.82) is 0 Å². The third kappa shape index (κ3) is 3.65. The number of hydrogen-bond acceptors (Lipinski definition) is 4. The lowest BCUT2D eigenvalue weighted by Crippen LogP contribution is -2.19. The average Bonchev–Trinajstić information content (AvgIpc) is 2.90. The molecule has 2 aromatic rings. The summed E-state index contributed by atoms with van der Waals surface area (Å²) in [5, 5.41) is 21.2. The van der Waals surface area contributed by atoms with Gasteiger partial charge in [0.25, 0.3) is 0 Å². The third-order valence-electron chi connectivity index (χ3n) is 2.64. The standard InChI is InChI=1S/C12H11Cl2N5O2/c13-8-2-1-6(3-9(8)14)4-10(20)17-12-7(5-16-18-12)11(15)19-21/h1-3,5,21H,4H2,(H2,15,19)(H2,16,17,18,20). The number of carbonyl (C=O) groups excluding carboxylic acids is 1. The topological polar surface area (TPSA) is 116 Å². The molecule has 0 spiro atoms. The molecule has 0 aliphatic carbocycles. The molecule has 7 nitrogen and oxygen atoms in total. The summed E-state index contributed by atoms with van der Waals surface area (Å²) in [5.74, 6) is -0.228. The minimum absolute atomic E-state index is 0.0888. The first-order valence-electron chi connectivity index (χ1n) is 5.76. The van der Waals surface area contributed by atoms with Gasteiger partial charge in [-0.15, -0.1) is 0 Å². The van der Waals surface area contributed by atoms with Gasteiger partial charge in [-0.25, -0.2) is 0 Å². The van der Waals surface area contributed by atoms with Crippen LogP contribution in [0.5, 0.6) is 0 Å². The van der Waals surface area contributed by atoms with Gasteiger partial charge in [-0.3, -0.25) is 9.89 Å². The van der Waals surface area contributed by atoms with Gasteiger partial charge in [-0.1, -0.05) is 34.4 Å². The van der Waals surface area contributed by atoms with Crippen molar-refractivity contribution < 1.29 is 10.0 Å². The number of rotatable bonds is 4. The Morgan fingerprint density at radius 3 is 2.86 bits per heavy atom. The maximum atomic E-state index is 12.0. The van der Waals surface area contributed by atoms with Gasteiger partial charge in [0.1, 0.15) is 5.82 Å². The van der Waals surface area contributed by atoms with Crippen molar-refractivity contribution in [2.75, 3.05) is 5.32 Å². The van der Waals surface area contributed by atoms with E-state index in [1.165, 1.54) is 6.20 Å². The Morgan fingerprint density at radius 1 is 1.43 bits per heavy atom. The van der Waals surface area contributed by atoms with Gasteiger partial charge in [0.2, 0.25) is 5.91 Å². The maximum Gasteiger partial charge on any atom is 0.229 e. The van der Waals surface area contributed by atoms with Crippen molar-refractivity contribution >= 4 is 40.8 Å². The largest absolute Gasteiger partial charge is 0.409 e. The number of H-pyrrole nitrogens is 1. The Balaban J connectivity index is 2.08. The van der Waals surface area contributed by atoms with Crippen molar-refractivity contribution in [2.24, 2.45) is 10.9 Å².